The molecule has 0 N–H and O–H groups in total. The second-order valence-corrected chi connectivity index (χ2v) is 3.83. The third kappa shape index (κ3) is 1.95. The second kappa shape index (κ2) is 4.52. The fraction of sp³-hybridized carbons (Fsp3) is 0.231. The van der Waals surface area contributed by atoms with Gasteiger partial charge in [0.2, 0.25) is 5.91 Å². The van der Waals surface area contributed by atoms with Crippen LogP contribution in [0.1, 0.15) is 18.6 Å². The topological polar surface area (TPSA) is 57.5 Å². The van der Waals surface area contributed by atoms with Gasteiger partial charge >= 0.3 is 5.97 Å². The van der Waals surface area contributed by atoms with Crippen molar-refractivity contribution < 1.29 is 19.1 Å². The Hall–Kier alpha value is -2.30. The highest BCUT2D eigenvalue weighted by molar-refractivity contribution is 5.99. The van der Waals surface area contributed by atoms with Gasteiger partial charge in [0.15, 0.2) is 5.75 Å². The van der Waals surface area contributed by atoms with Crippen molar-refractivity contribution in [3.05, 3.63) is 24.4 Å². The number of carbonyl (C=O) groups is 2. The van der Waals surface area contributed by atoms with Crippen molar-refractivity contribution in [2.24, 2.45) is 0 Å². The standard InChI is InChI=1S/C13H13NO4/c1-8(15)14-7-12(18-9(2)16)13-10(14)5-4-6-11(13)17-3/h4-7H,1-3H3. The Bertz CT molecular complexity index is 627. The molecule has 0 unspecified atom stereocenters. The van der Waals surface area contributed by atoms with E-state index in [0.29, 0.717) is 22.4 Å². The summed E-state index contributed by atoms with van der Waals surface area (Å²) in [5, 5.41) is 0.616. The summed E-state index contributed by atoms with van der Waals surface area (Å²) in [5.74, 6) is 0.282. The minimum Gasteiger partial charge on any atom is -0.496 e. The molecule has 18 heavy (non-hydrogen) atoms. The van der Waals surface area contributed by atoms with E-state index in [1.165, 1.54) is 31.7 Å². The number of esters is 1. The van der Waals surface area contributed by atoms with Crippen molar-refractivity contribution in [1.82, 2.24) is 4.57 Å². The van der Waals surface area contributed by atoms with Crippen molar-refractivity contribution in [2.45, 2.75) is 13.8 Å². The molecule has 94 valence electrons. The zero-order valence-electron chi connectivity index (χ0n) is 10.4. The molecule has 5 heteroatoms. The van der Waals surface area contributed by atoms with Crippen LogP contribution in [0.3, 0.4) is 0 Å². The van der Waals surface area contributed by atoms with E-state index in [1.807, 2.05) is 0 Å². The van der Waals surface area contributed by atoms with Crippen LogP contribution in [0.5, 0.6) is 11.5 Å². The third-order valence-electron chi connectivity index (χ3n) is 2.57. The van der Waals surface area contributed by atoms with Crippen LogP contribution in [0.4, 0.5) is 0 Å². The van der Waals surface area contributed by atoms with Crippen LogP contribution in [0, 0.1) is 0 Å². The van der Waals surface area contributed by atoms with Crippen molar-refractivity contribution in [3.63, 3.8) is 0 Å². The zero-order valence-corrected chi connectivity index (χ0v) is 10.4. The number of benzene rings is 1. The summed E-state index contributed by atoms with van der Waals surface area (Å²) in [6.07, 6.45) is 1.50. The number of rotatable bonds is 2. The molecule has 1 heterocycles. The van der Waals surface area contributed by atoms with Gasteiger partial charge < -0.3 is 9.47 Å². The maximum atomic E-state index is 11.5. The number of fused-ring (bicyclic) bond motifs is 1. The predicted molar refractivity (Wildman–Crippen MR) is 66.1 cm³/mol. The highest BCUT2D eigenvalue weighted by atomic mass is 16.5. The normalized spacial score (nSPS) is 10.4. The molecule has 1 aromatic carbocycles. The number of aromatic nitrogens is 1. The Morgan fingerprint density at radius 2 is 1.89 bits per heavy atom. The Balaban J connectivity index is 2.76. The molecule has 0 spiro atoms. The summed E-state index contributed by atoms with van der Waals surface area (Å²) in [4.78, 5) is 22.6. The first-order valence-electron chi connectivity index (χ1n) is 5.42. The van der Waals surface area contributed by atoms with Crippen LogP contribution in [-0.4, -0.2) is 23.6 Å². The van der Waals surface area contributed by atoms with Crippen molar-refractivity contribution in [1.29, 1.82) is 0 Å². The molecule has 0 aliphatic heterocycles. The molecule has 2 aromatic rings. The predicted octanol–water partition coefficient (Wildman–Crippen LogP) is 2.24. The van der Waals surface area contributed by atoms with E-state index in [0.717, 1.165) is 0 Å². The van der Waals surface area contributed by atoms with E-state index in [4.69, 9.17) is 9.47 Å². The first-order chi connectivity index (χ1) is 8.54. The summed E-state index contributed by atoms with van der Waals surface area (Å²) >= 11 is 0. The van der Waals surface area contributed by atoms with Gasteiger partial charge in [-0.2, -0.15) is 0 Å². The maximum absolute atomic E-state index is 11.5. The molecule has 0 amide bonds. The molecular weight excluding hydrogens is 234 g/mol. The first-order valence-corrected chi connectivity index (χ1v) is 5.42. The molecule has 1 aromatic heterocycles. The molecule has 2 rings (SSSR count). The average Bonchev–Trinajstić information content (AvgIpc) is 2.67. The molecule has 0 atom stereocenters. The highest BCUT2D eigenvalue weighted by Gasteiger charge is 2.17. The lowest BCUT2D eigenvalue weighted by molar-refractivity contribution is -0.131. The van der Waals surface area contributed by atoms with Gasteiger partial charge in [0, 0.05) is 13.8 Å². The van der Waals surface area contributed by atoms with Crippen LogP contribution in [0.2, 0.25) is 0 Å². The van der Waals surface area contributed by atoms with Gasteiger partial charge in [0.25, 0.3) is 0 Å². The van der Waals surface area contributed by atoms with Crippen molar-refractivity contribution in [2.75, 3.05) is 7.11 Å². The minimum atomic E-state index is -0.441. The lowest BCUT2D eigenvalue weighted by Crippen LogP contribution is -2.03. The van der Waals surface area contributed by atoms with E-state index in [-0.39, 0.29) is 5.91 Å². The smallest absolute Gasteiger partial charge is 0.308 e. The van der Waals surface area contributed by atoms with Crippen LogP contribution in [-0.2, 0) is 4.79 Å². The summed E-state index contributed by atoms with van der Waals surface area (Å²) in [5.41, 5.74) is 0.651. The Kier molecular flexibility index (Phi) is 3.06. The molecule has 5 nitrogen and oxygen atoms in total. The molecule has 0 aliphatic rings. The van der Waals surface area contributed by atoms with Crippen LogP contribution in [0.25, 0.3) is 10.9 Å². The number of carbonyl (C=O) groups excluding carboxylic acids is 2. The molecule has 0 aliphatic carbocycles. The van der Waals surface area contributed by atoms with Gasteiger partial charge in [-0.1, -0.05) is 6.07 Å². The number of ether oxygens (including phenoxy) is 2. The van der Waals surface area contributed by atoms with Crippen LogP contribution >= 0.6 is 0 Å². The SMILES string of the molecule is COc1cccc2c1c(OC(C)=O)cn2C(C)=O. The Morgan fingerprint density at radius 3 is 2.44 bits per heavy atom. The fourth-order valence-corrected chi connectivity index (χ4v) is 1.88. The van der Waals surface area contributed by atoms with Gasteiger partial charge in [0.05, 0.1) is 24.2 Å². The Labute approximate surface area is 104 Å². The highest BCUT2D eigenvalue weighted by Crippen LogP contribution is 2.35. The van der Waals surface area contributed by atoms with Crippen molar-refractivity contribution in [3.8, 4) is 11.5 Å². The lowest BCUT2D eigenvalue weighted by Gasteiger charge is -2.04. The molecule has 0 bridgehead atoms. The average molecular weight is 247 g/mol. The van der Waals surface area contributed by atoms with Gasteiger partial charge in [-0.15, -0.1) is 0 Å². The van der Waals surface area contributed by atoms with E-state index in [2.05, 4.69) is 0 Å². The van der Waals surface area contributed by atoms with Gasteiger partial charge in [-0.25, -0.2) is 0 Å². The van der Waals surface area contributed by atoms with E-state index in [1.54, 1.807) is 18.2 Å². The molecule has 0 saturated carbocycles. The molecule has 0 radical (unpaired) electrons. The maximum Gasteiger partial charge on any atom is 0.308 e. The summed E-state index contributed by atoms with van der Waals surface area (Å²) in [7, 11) is 1.53. The zero-order chi connectivity index (χ0) is 13.3. The van der Waals surface area contributed by atoms with Gasteiger partial charge in [-0.05, 0) is 12.1 Å². The van der Waals surface area contributed by atoms with Crippen LogP contribution < -0.4 is 9.47 Å². The number of hydrogen-bond donors (Lipinski definition) is 0. The summed E-state index contributed by atoms with van der Waals surface area (Å²) < 4.78 is 11.8. The van der Waals surface area contributed by atoms with Gasteiger partial charge in [-0.3, -0.25) is 14.2 Å². The number of methoxy groups -OCH3 is 1. The summed E-state index contributed by atoms with van der Waals surface area (Å²) in [6, 6.07) is 5.30. The summed E-state index contributed by atoms with van der Waals surface area (Å²) in [6.45, 7) is 2.75. The molecule has 0 saturated heterocycles. The van der Waals surface area contributed by atoms with E-state index < -0.39 is 5.97 Å². The number of nitrogens with zero attached hydrogens (tertiary/aromatic N) is 1. The first kappa shape index (κ1) is 12.2. The quantitative estimate of drug-likeness (QED) is 0.763. The molecule has 0 fully saturated rings. The van der Waals surface area contributed by atoms with Crippen LogP contribution in [0.15, 0.2) is 24.4 Å². The largest absolute Gasteiger partial charge is 0.496 e. The monoisotopic (exact) mass is 247 g/mol. The van der Waals surface area contributed by atoms with E-state index >= 15 is 0 Å². The molecular formula is C13H13NO4. The second-order valence-electron chi connectivity index (χ2n) is 3.83. The lowest BCUT2D eigenvalue weighted by atomic mass is 10.2. The third-order valence-corrected chi connectivity index (χ3v) is 2.57. The Morgan fingerprint density at radius 1 is 1.17 bits per heavy atom. The number of hydrogen-bond acceptors (Lipinski definition) is 4. The minimum absolute atomic E-state index is 0.161. The fourth-order valence-electron chi connectivity index (χ4n) is 1.88. The van der Waals surface area contributed by atoms with Gasteiger partial charge in [0.1, 0.15) is 5.75 Å². The van der Waals surface area contributed by atoms with E-state index in [9.17, 15) is 9.59 Å². The van der Waals surface area contributed by atoms with Crippen molar-refractivity contribution >= 4 is 22.8 Å².